The SMILES string of the molecule is CC(N(C)C(=O)NC(C(=O)O)C1CC1)C(C)(C)C. The largest absolute Gasteiger partial charge is 0.480 e. The number of nitrogens with zero attached hydrogens (tertiary/aromatic N) is 1. The fraction of sp³-hybridized carbons (Fsp3) is 0.846. The van der Waals surface area contributed by atoms with Gasteiger partial charge in [-0.25, -0.2) is 9.59 Å². The molecule has 1 rings (SSSR count). The van der Waals surface area contributed by atoms with Crippen LogP contribution in [-0.2, 0) is 4.79 Å². The molecule has 0 aromatic rings. The lowest BCUT2D eigenvalue weighted by molar-refractivity contribution is -0.139. The number of aliphatic carboxylic acids is 1. The molecule has 0 saturated heterocycles. The molecule has 0 radical (unpaired) electrons. The molecule has 1 aliphatic rings. The van der Waals surface area contributed by atoms with Crippen LogP contribution in [0.3, 0.4) is 0 Å². The zero-order chi connectivity index (χ0) is 14.1. The summed E-state index contributed by atoms with van der Waals surface area (Å²) in [7, 11) is 1.71. The minimum absolute atomic E-state index is 0.0335. The van der Waals surface area contributed by atoms with Crippen LogP contribution in [0.15, 0.2) is 0 Å². The Labute approximate surface area is 109 Å². The molecule has 1 saturated carbocycles. The summed E-state index contributed by atoms with van der Waals surface area (Å²) in [6.07, 6.45) is 1.77. The van der Waals surface area contributed by atoms with Gasteiger partial charge in [-0.05, 0) is 31.1 Å². The van der Waals surface area contributed by atoms with Gasteiger partial charge in [0.1, 0.15) is 6.04 Å². The number of nitrogens with one attached hydrogen (secondary N) is 1. The van der Waals surface area contributed by atoms with Crippen molar-refractivity contribution in [2.24, 2.45) is 11.3 Å². The van der Waals surface area contributed by atoms with Crippen molar-refractivity contribution in [2.75, 3.05) is 7.05 Å². The number of hydrogen-bond acceptors (Lipinski definition) is 2. The van der Waals surface area contributed by atoms with Crippen molar-refractivity contribution in [3.05, 3.63) is 0 Å². The van der Waals surface area contributed by atoms with Gasteiger partial charge in [0.25, 0.3) is 0 Å². The summed E-state index contributed by atoms with van der Waals surface area (Å²) >= 11 is 0. The second-order valence-corrected chi connectivity index (χ2v) is 6.26. The fourth-order valence-corrected chi connectivity index (χ4v) is 1.80. The molecular formula is C13H24N2O3. The molecule has 2 unspecified atom stereocenters. The van der Waals surface area contributed by atoms with E-state index in [9.17, 15) is 9.59 Å². The molecule has 0 bridgehead atoms. The predicted molar refractivity (Wildman–Crippen MR) is 69.4 cm³/mol. The Kier molecular flexibility index (Phi) is 4.24. The maximum absolute atomic E-state index is 12.0. The quantitative estimate of drug-likeness (QED) is 0.807. The first kappa shape index (κ1) is 14.8. The number of carboxylic acids is 1. The van der Waals surface area contributed by atoms with Crippen LogP contribution >= 0.6 is 0 Å². The van der Waals surface area contributed by atoms with Crippen molar-refractivity contribution in [3.63, 3.8) is 0 Å². The normalized spacial score (nSPS) is 18.9. The monoisotopic (exact) mass is 256 g/mol. The van der Waals surface area contributed by atoms with Crippen LogP contribution in [0.25, 0.3) is 0 Å². The zero-order valence-electron chi connectivity index (χ0n) is 11.9. The molecule has 2 atom stereocenters. The predicted octanol–water partition coefficient (Wildman–Crippen LogP) is 1.93. The van der Waals surface area contributed by atoms with Gasteiger partial charge in [0.05, 0.1) is 0 Å². The number of carbonyl (C=O) groups is 2. The van der Waals surface area contributed by atoms with Crippen LogP contribution in [0.2, 0.25) is 0 Å². The molecule has 2 amide bonds. The second-order valence-electron chi connectivity index (χ2n) is 6.26. The van der Waals surface area contributed by atoms with E-state index >= 15 is 0 Å². The summed E-state index contributed by atoms with van der Waals surface area (Å²) in [5.74, 6) is -0.840. The summed E-state index contributed by atoms with van der Waals surface area (Å²) in [6.45, 7) is 8.12. The van der Waals surface area contributed by atoms with Crippen LogP contribution in [0, 0.1) is 11.3 Å². The Hall–Kier alpha value is -1.26. The van der Waals surface area contributed by atoms with Crippen LogP contribution in [0.5, 0.6) is 0 Å². The third-order valence-electron chi connectivity index (χ3n) is 3.79. The Balaban J connectivity index is 2.61. The number of carboxylic acid groups (broad SMARTS) is 1. The van der Waals surface area contributed by atoms with E-state index in [1.165, 1.54) is 0 Å². The van der Waals surface area contributed by atoms with Crippen molar-refractivity contribution in [2.45, 2.75) is 52.6 Å². The van der Waals surface area contributed by atoms with Gasteiger partial charge in [-0.1, -0.05) is 20.8 Å². The van der Waals surface area contributed by atoms with E-state index in [0.717, 1.165) is 12.8 Å². The lowest BCUT2D eigenvalue weighted by Crippen LogP contribution is -2.52. The number of amides is 2. The number of rotatable bonds is 4. The van der Waals surface area contributed by atoms with E-state index in [4.69, 9.17) is 5.11 Å². The van der Waals surface area contributed by atoms with Crippen molar-refractivity contribution in [3.8, 4) is 0 Å². The molecule has 2 N–H and O–H groups in total. The van der Waals surface area contributed by atoms with E-state index in [2.05, 4.69) is 26.1 Å². The average molecular weight is 256 g/mol. The topological polar surface area (TPSA) is 69.6 Å². The third-order valence-corrected chi connectivity index (χ3v) is 3.79. The average Bonchev–Trinajstić information content (AvgIpc) is 3.05. The summed E-state index contributed by atoms with van der Waals surface area (Å²) in [5.41, 5.74) is -0.0373. The number of hydrogen-bond donors (Lipinski definition) is 2. The lowest BCUT2D eigenvalue weighted by Gasteiger charge is -2.35. The molecular weight excluding hydrogens is 232 g/mol. The van der Waals surface area contributed by atoms with Gasteiger partial charge < -0.3 is 15.3 Å². The maximum atomic E-state index is 12.0. The van der Waals surface area contributed by atoms with E-state index in [-0.39, 0.29) is 23.4 Å². The van der Waals surface area contributed by atoms with Crippen LogP contribution in [0.4, 0.5) is 4.79 Å². The molecule has 1 fully saturated rings. The minimum atomic E-state index is -0.942. The van der Waals surface area contributed by atoms with E-state index in [1.807, 2.05) is 6.92 Å². The fourth-order valence-electron chi connectivity index (χ4n) is 1.80. The molecule has 0 heterocycles. The summed E-state index contributed by atoms with van der Waals surface area (Å²) in [6, 6.07) is -1.02. The van der Waals surface area contributed by atoms with Gasteiger partial charge in [-0.2, -0.15) is 0 Å². The summed E-state index contributed by atoms with van der Waals surface area (Å²) in [4.78, 5) is 24.7. The Morgan fingerprint density at radius 2 is 1.83 bits per heavy atom. The molecule has 5 nitrogen and oxygen atoms in total. The van der Waals surface area contributed by atoms with Crippen molar-refractivity contribution >= 4 is 12.0 Å². The van der Waals surface area contributed by atoms with Crippen molar-refractivity contribution in [1.29, 1.82) is 0 Å². The Bertz CT molecular complexity index is 332. The Morgan fingerprint density at radius 3 is 2.17 bits per heavy atom. The first-order chi connectivity index (χ1) is 8.14. The van der Waals surface area contributed by atoms with E-state index in [0.29, 0.717) is 0 Å². The van der Waals surface area contributed by atoms with Gasteiger partial charge in [-0.3, -0.25) is 0 Å². The first-order valence-electron chi connectivity index (χ1n) is 6.40. The highest BCUT2D eigenvalue weighted by Crippen LogP contribution is 2.33. The molecule has 0 aliphatic heterocycles. The minimum Gasteiger partial charge on any atom is -0.480 e. The molecule has 18 heavy (non-hydrogen) atoms. The highest BCUT2D eigenvalue weighted by Gasteiger charge is 2.38. The van der Waals surface area contributed by atoms with Gasteiger partial charge in [0, 0.05) is 13.1 Å². The standard InChI is InChI=1S/C13H24N2O3/c1-8(13(2,3)4)15(5)12(18)14-10(11(16)17)9-6-7-9/h8-10H,6-7H2,1-5H3,(H,14,18)(H,16,17). The maximum Gasteiger partial charge on any atom is 0.326 e. The molecule has 1 aliphatic carbocycles. The lowest BCUT2D eigenvalue weighted by atomic mass is 9.87. The van der Waals surface area contributed by atoms with E-state index < -0.39 is 12.0 Å². The van der Waals surface area contributed by atoms with Crippen molar-refractivity contribution in [1.82, 2.24) is 10.2 Å². The smallest absolute Gasteiger partial charge is 0.326 e. The highest BCUT2D eigenvalue weighted by molar-refractivity contribution is 5.83. The van der Waals surface area contributed by atoms with Crippen LogP contribution in [-0.4, -0.2) is 41.1 Å². The Morgan fingerprint density at radius 1 is 1.33 bits per heavy atom. The summed E-state index contributed by atoms with van der Waals surface area (Å²) < 4.78 is 0. The zero-order valence-corrected chi connectivity index (χ0v) is 11.9. The van der Waals surface area contributed by atoms with Crippen LogP contribution in [0.1, 0.15) is 40.5 Å². The number of carbonyl (C=O) groups excluding carboxylic acids is 1. The second kappa shape index (κ2) is 5.16. The van der Waals surface area contributed by atoms with Gasteiger partial charge >= 0.3 is 12.0 Å². The summed E-state index contributed by atoms with van der Waals surface area (Å²) in [5, 5.41) is 11.7. The molecule has 0 aromatic carbocycles. The molecule has 0 aromatic heterocycles. The van der Waals surface area contributed by atoms with Gasteiger partial charge in [0.2, 0.25) is 0 Å². The highest BCUT2D eigenvalue weighted by atomic mass is 16.4. The first-order valence-corrected chi connectivity index (χ1v) is 6.40. The van der Waals surface area contributed by atoms with Gasteiger partial charge in [0.15, 0.2) is 0 Å². The van der Waals surface area contributed by atoms with Gasteiger partial charge in [-0.15, -0.1) is 0 Å². The third kappa shape index (κ3) is 3.62. The molecule has 0 spiro atoms. The van der Waals surface area contributed by atoms with Crippen molar-refractivity contribution < 1.29 is 14.7 Å². The number of urea groups is 1. The van der Waals surface area contributed by atoms with E-state index in [1.54, 1.807) is 11.9 Å². The van der Waals surface area contributed by atoms with Crippen LogP contribution < -0.4 is 5.32 Å². The molecule has 104 valence electrons. The molecule has 5 heteroatoms.